The Bertz CT molecular complexity index is 335. The molecule has 0 amide bonds. The molecule has 0 radical (unpaired) electrons. The number of rotatable bonds is 6. The first-order valence-electron chi connectivity index (χ1n) is 5.28. The van der Waals surface area contributed by atoms with Crippen LogP contribution in [0.1, 0.15) is 26.2 Å². The zero-order valence-electron chi connectivity index (χ0n) is 9.15. The van der Waals surface area contributed by atoms with Crippen LogP contribution in [0.2, 0.25) is 0 Å². The van der Waals surface area contributed by atoms with Crippen LogP contribution in [0.4, 0.5) is 0 Å². The minimum Gasteiger partial charge on any atom is -0.479 e. The summed E-state index contributed by atoms with van der Waals surface area (Å²) < 4.78 is 6.53. The summed E-state index contributed by atoms with van der Waals surface area (Å²) in [6.07, 6.45) is 1.65. The minimum absolute atomic E-state index is 0.553. The highest BCUT2D eigenvalue weighted by molar-refractivity contribution is 14.1. The Balaban J connectivity index is 2.60. The normalized spacial score (nSPS) is 12.1. The topological polar surface area (TPSA) is 46.5 Å². The van der Waals surface area contributed by atoms with E-state index in [2.05, 4.69) is 22.6 Å². The maximum absolute atomic E-state index is 11.0. The molecule has 0 saturated heterocycles. The van der Waals surface area contributed by atoms with Crippen molar-refractivity contribution in [2.45, 2.75) is 32.3 Å². The number of benzene rings is 1. The number of carboxylic acids is 1. The zero-order valence-corrected chi connectivity index (χ0v) is 11.3. The van der Waals surface area contributed by atoms with Gasteiger partial charge in [0.25, 0.3) is 0 Å². The van der Waals surface area contributed by atoms with Gasteiger partial charge in [0, 0.05) is 3.57 Å². The molecule has 0 fully saturated rings. The molecule has 0 saturated carbocycles. The Morgan fingerprint density at radius 1 is 1.44 bits per heavy atom. The maximum Gasteiger partial charge on any atom is 0.344 e. The summed E-state index contributed by atoms with van der Waals surface area (Å²) in [5.41, 5.74) is 0. The van der Waals surface area contributed by atoms with E-state index in [1.165, 1.54) is 0 Å². The standard InChI is InChI=1S/C12H15IO3/c1-2-3-4-11(12(14)15)16-10-7-5-9(13)6-8-10/h5-8,11H,2-4H2,1H3,(H,14,15). The first-order chi connectivity index (χ1) is 7.63. The van der Waals surface area contributed by atoms with E-state index in [0.29, 0.717) is 12.2 Å². The Hall–Kier alpha value is -0.780. The van der Waals surface area contributed by atoms with E-state index in [0.717, 1.165) is 16.4 Å². The molecule has 1 N–H and O–H groups in total. The van der Waals surface area contributed by atoms with Gasteiger partial charge in [-0.2, -0.15) is 0 Å². The van der Waals surface area contributed by atoms with Gasteiger partial charge in [-0.1, -0.05) is 13.3 Å². The monoisotopic (exact) mass is 334 g/mol. The van der Waals surface area contributed by atoms with Crippen LogP contribution >= 0.6 is 22.6 Å². The van der Waals surface area contributed by atoms with Gasteiger partial charge in [0.1, 0.15) is 5.75 Å². The van der Waals surface area contributed by atoms with Crippen molar-refractivity contribution in [1.82, 2.24) is 0 Å². The van der Waals surface area contributed by atoms with Crippen molar-refractivity contribution in [3.63, 3.8) is 0 Å². The molecule has 0 aromatic heterocycles. The van der Waals surface area contributed by atoms with Gasteiger partial charge < -0.3 is 9.84 Å². The summed E-state index contributed by atoms with van der Waals surface area (Å²) in [5, 5.41) is 8.99. The van der Waals surface area contributed by atoms with E-state index in [1.807, 2.05) is 19.1 Å². The van der Waals surface area contributed by atoms with E-state index in [-0.39, 0.29) is 0 Å². The van der Waals surface area contributed by atoms with Crippen molar-refractivity contribution < 1.29 is 14.6 Å². The second-order valence-electron chi connectivity index (χ2n) is 3.54. The van der Waals surface area contributed by atoms with Gasteiger partial charge in [0.2, 0.25) is 0 Å². The molecule has 1 aromatic carbocycles. The van der Waals surface area contributed by atoms with E-state index >= 15 is 0 Å². The Labute approximate surface area is 109 Å². The number of carboxylic acid groups (broad SMARTS) is 1. The van der Waals surface area contributed by atoms with Gasteiger partial charge in [-0.3, -0.25) is 0 Å². The number of unbranched alkanes of at least 4 members (excludes halogenated alkanes) is 1. The third kappa shape index (κ3) is 4.38. The number of aliphatic carboxylic acids is 1. The Morgan fingerprint density at radius 3 is 2.56 bits per heavy atom. The average molecular weight is 334 g/mol. The highest BCUT2D eigenvalue weighted by Crippen LogP contribution is 2.17. The molecule has 3 nitrogen and oxygen atoms in total. The lowest BCUT2D eigenvalue weighted by atomic mass is 10.1. The summed E-state index contributed by atoms with van der Waals surface area (Å²) >= 11 is 2.19. The molecular weight excluding hydrogens is 319 g/mol. The SMILES string of the molecule is CCCCC(Oc1ccc(I)cc1)C(=O)O. The zero-order chi connectivity index (χ0) is 12.0. The molecule has 0 heterocycles. The fraction of sp³-hybridized carbons (Fsp3) is 0.417. The van der Waals surface area contributed by atoms with Crippen LogP contribution in [0.25, 0.3) is 0 Å². The lowest BCUT2D eigenvalue weighted by Crippen LogP contribution is -2.26. The van der Waals surface area contributed by atoms with Crippen molar-refractivity contribution in [2.75, 3.05) is 0 Å². The van der Waals surface area contributed by atoms with Gasteiger partial charge in [-0.05, 0) is 59.7 Å². The molecular formula is C12H15IO3. The van der Waals surface area contributed by atoms with E-state index in [4.69, 9.17) is 9.84 Å². The van der Waals surface area contributed by atoms with Crippen molar-refractivity contribution in [3.05, 3.63) is 27.8 Å². The molecule has 88 valence electrons. The molecule has 1 aromatic rings. The number of ether oxygens (including phenoxy) is 1. The lowest BCUT2D eigenvalue weighted by Gasteiger charge is -2.14. The van der Waals surface area contributed by atoms with Gasteiger partial charge in [0.05, 0.1) is 0 Å². The molecule has 0 aliphatic heterocycles. The summed E-state index contributed by atoms with van der Waals surface area (Å²) in [7, 11) is 0. The third-order valence-electron chi connectivity index (χ3n) is 2.19. The summed E-state index contributed by atoms with van der Waals surface area (Å²) in [6.45, 7) is 2.03. The van der Waals surface area contributed by atoms with Crippen LogP contribution in [0.3, 0.4) is 0 Å². The van der Waals surface area contributed by atoms with Gasteiger partial charge in [-0.25, -0.2) is 4.79 Å². The minimum atomic E-state index is -0.896. The number of halogens is 1. The van der Waals surface area contributed by atoms with Crippen molar-refractivity contribution in [1.29, 1.82) is 0 Å². The quantitative estimate of drug-likeness (QED) is 0.812. The third-order valence-corrected chi connectivity index (χ3v) is 2.91. The second-order valence-corrected chi connectivity index (χ2v) is 4.79. The fourth-order valence-corrected chi connectivity index (χ4v) is 1.66. The number of carbonyl (C=O) groups is 1. The van der Waals surface area contributed by atoms with Gasteiger partial charge >= 0.3 is 5.97 Å². The molecule has 16 heavy (non-hydrogen) atoms. The van der Waals surface area contributed by atoms with Gasteiger partial charge in [-0.15, -0.1) is 0 Å². The smallest absolute Gasteiger partial charge is 0.344 e. The molecule has 0 aliphatic rings. The summed E-state index contributed by atoms with van der Waals surface area (Å²) in [6, 6.07) is 7.39. The van der Waals surface area contributed by atoms with E-state index < -0.39 is 12.1 Å². The second kappa shape index (κ2) is 6.73. The van der Waals surface area contributed by atoms with Crippen molar-refractivity contribution in [3.8, 4) is 5.75 Å². The summed E-state index contributed by atoms with van der Waals surface area (Å²) in [5.74, 6) is -0.282. The molecule has 0 bridgehead atoms. The molecule has 0 aliphatic carbocycles. The summed E-state index contributed by atoms with van der Waals surface area (Å²) in [4.78, 5) is 11.0. The van der Waals surface area contributed by atoms with E-state index in [1.54, 1.807) is 12.1 Å². The Morgan fingerprint density at radius 2 is 2.06 bits per heavy atom. The van der Waals surface area contributed by atoms with Gasteiger partial charge in [0.15, 0.2) is 6.10 Å². The molecule has 4 heteroatoms. The van der Waals surface area contributed by atoms with Crippen LogP contribution in [0.15, 0.2) is 24.3 Å². The predicted octanol–water partition coefficient (Wildman–Crippen LogP) is 3.31. The highest BCUT2D eigenvalue weighted by Gasteiger charge is 2.18. The van der Waals surface area contributed by atoms with Crippen molar-refractivity contribution in [2.24, 2.45) is 0 Å². The Kier molecular flexibility index (Phi) is 5.59. The highest BCUT2D eigenvalue weighted by atomic mass is 127. The first-order valence-corrected chi connectivity index (χ1v) is 6.36. The van der Waals surface area contributed by atoms with Crippen LogP contribution in [0.5, 0.6) is 5.75 Å². The molecule has 1 unspecified atom stereocenters. The predicted molar refractivity (Wildman–Crippen MR) is 70.7 cm³/mol. The molecule has 1 atom stereocenters. The van der Waals surface area contributed by atoms with Crippen LogP contribution in [-0.2, 0) is 4.79 Å². The van der Waals surface area contributed by atoms with E-state index in [9.17, 15) is 4.79 Å². The first kappa shape index (κ1) is 13.3. The van der Waals surface area contributed by atoms with Crippen molar-refractivity contribution >= 4 is 28.6 Å². The number of hydrogen-bond donors (Lipinski definition) is 1. The lowest BCUT2D eigenvalue weighted by molar-refractivity contribution is -0.145. The van der Waals surface area contributed by atoms with Crippen LogP contribution in [0, 0.1) is 3.57 Å². The molecule has 0 spiro atoms. The average Bonchev–Trinajstić information content (AvgIpc) is 2.26. The van der Waals surface area contributed by atoms with Crippen LogP contribution in [-0.4, -0.2) is 17.2 Å². The maximum atomic E-state index is 11.0. The largest absolute Gasteiger partial charge is 0.479 e. The number of hydrogen-bond acceptors (Lipinski definition) is 2. The molecule has 1 rings (SSSR count). The van der Waals surface area contributed by atoms with Crippen LogP contribution < -0.4 is 4.74 Å². The fourth-order valence-electron chi connectivity index (χ4n) is 1.30.